The molecule has 8 heteroatoms. The summed E-state index contributed by atoms with van der Waals surface area (Å²) in [5, 5.41) is 9.63. The molecule has 1 aliphatic heterocycles. The first-order valence-corrected chi connectivity index (χ1v) is 11.8. The smallest absolute Gasteiger partial charge is 0.258 e. The third-order valence-electron chi connectivity index (χ3n) is 7.13. The number of rotatable bonds is 8. The molecule has 0 radical (unpaired) electrons. The van der Waals surface area contributed by atoms with Crippen LogP contribution in [-0.4, -0.2) is 42.1 Å². The van der Waals surface area contributed by atoms with E-state index >= 15 is 0 Å². The zero-order valence-electron chi connectivity index (χ0n) is 18.0. The van der Waals surface area contributed by atoms with Gasteiger partial charge >= 0.3 is 0 Å². The number of ether oxygens (including phenoxy) is 1. The first-order valence-electron chi connectivity index (χ1n) is 11.5. The lowest BCUT2D eigenvalue weighted by Crippen LogP contribution is -2.84. The van der Waals surface area contributed by atoms with E-state index in [4.69, 9.17) is 16.3 Å². The predicted molar refractivity (Wildman–Crippen MR) is 119 cm³/mol. The normalized spacial score (nSPS) is 33.2. The predicted octanol–water partition coefficient (Wildman–Crippen LogP) is 3.10. The van der Waals surface area contributed by atoms with Crippen molar-refractivity contribution in [3.8, 4) is 5.75 Å². The summed E-state index contributed by atoms with van der Waals surface area (Å²) in [5.41, 5.74) is -0.438. The van der Waals surface area contributed by atoms with Crippen LogP contribution in [0.4, 0.5) is 4.39 Å². The van der Waals surface area contributed by atoms with Gasteiger partial charge < -0.3 is 20.7 Å². The molecule has 2 amide bonds. The number of nitrogens with one attached hydrogen (secondary N) is 3. The molecule has 4 saturated carbocycles. The highest BCUT2D eigenvalue weighted by atomic mass is 35.5. The van der Waals surface area contributed by atoms with Gasteiger partial charge in [-0.15, -0.1) is 0 Å². The zero-order valence-corrected chi connectivity index (χ0v) is 18.7. The van der Waals surface area contributed by atoms with E-state index in [2.05, 4.69) is 28.1 Å². The minimum atomic E-state index is -0.584. The first-order chi connectivity index (χ1) is 15.3. The molecule has 172 valence electrons. The van der Waals surface area contributed by atoms with Crippen LogP contribution >= 0.6 is 11.6 Å². The van der Waals surface area contributed by atoms with Gasteiger partial charge in [0.25, 0.3) is 5.91 Å². The minimum Gasteiger partial charge on any atom is -0.484 e. The first kappa shape index (κ1) is 21.7. The molecular weight excluding hydrogens is 433 g/mol. The van der Waals surface area contributed by atoms with E-state index in [1.54, 1.807) is 0 Å². The minimum absolute atomic E-state index is 0.0108. The van der Waals surface area contributed by atoms with Crippen molar-refractivity contribution in [2.24, 2.45) is 11.8 Å². The second-order valence-electron chi connectivity index (χ2n) is 10.0. The SMILES string of the molecule is O=C(COc1ccc(Cl)c(F)c1)NC12CC(NC(=O)C3CCC(/C=C/C4CC4)CN3)(C1)C2. The number of carbonyl (C=O) groups is 2. The Morgan fingerprint density at radius 2 is 1.78 bits per heavy atom. The Bertz CT molecular complexity index is 921. The summed E-state index contributed by atoms with van der Waals surface area (Å²) < 4.78 is 18.8. The van der Waals surface area contributed by atoms with Crippen LogP contribution in [-0.2, 0) is 9.59 Å². The van der Waals surface area contributed by atoms with E-state index in [-0.39, 0.29) is 46.3 Å². The molecule has 2 bridgehead atoms. The molecule has 2 unspecified atom stereocenters. The average molecular weight is 462 g/mol. The summed E-state index contributed by atoms with van der Waals surface area (Å²) >= 11 is 5.65. The summed E-state index contributed by atoms with van der Waals surface area (Å²) in [6.45, 7) is 0.663. The summed E-state index contributed by atoms with van der Waals surface area (Å²) in [6, 6.07) is 3.94. The van der Waals surface area contributed by atoms with Gasteiger partial charge in [0, 0.05) is 23.7 Å². The van der Waals surface area contributed by atoms with E-state index in [0.717, 1.165) is 50.6 Å². The molecule has 5 aliphatic rings. The van der Waals surface area contributed by atoms with Crippen LogP contribution in [0.2, 0.25) is 5.02 Å². The fourth-order valence-electron chi connectivity index (χ4n) is 5.32. The lowest BCUT2D eigenvalue weighted by atomic mass is 9.44. The fraction of sp³-hybridized carbons (Fsp3) is 0.583. The van der Waals surface area contributed by atoms with Crippen molar-refractivity contribution in [2.75, 3.05) is 13.2 Å². The van der Waals surface area contributed by atoms with Crippen molar-refractivity contribution in [3.05, 3.63) is 41.2 Å². The average Bonchev–Trinajstić information content (AvgIpc) is 3.55. The Kier molecular flexibility index (Phi) is 5.66. The van der Waals surface area contributed by atoms with Crippen molar-refractivity contribution in [3.63, 3.8) is 0 Å². The van der Waals surface area contributed by atoms with E-state index in [9.17, 15) is 14.0 Å². The Morgan fingerprint density at radius 1 is 1.09 bits per heavy atom. The molecule has 1 aromatic carbocycles. The molecule has 0 aromatic heterocycles. The molecule has 6 nitrogen and oxygen atoms in total. The number of hydrogen-bond acceptors (Lipinski definition) is 4. The molecule has 1 heterocycles. The van der Waals surface area contributed by atoms with Crippen LogP contribution in [0.5, 0.6) is 5.75 Å². The van der Waals surface area contributed by atoms with Gasteiger partial charge in [0.1, 0.15) is 11.6 Å². The van der Waals surface area contributed by atoms with Crippen molar-refractivity contribution >= 4 is 23.4 Å². The molecule has 0 spiro atoms. The van der Waals surface area contributed by atoms with Gasteiger partial charge in [-0.2, -0.15) is 0 Å². The van der Waals surface area contributed by atoms with Crippen molar-refractivity contribution in [2.45, 2.75) is 62.1 Å². The highest BCUT2D eigenvalue weighted by molar-refractivity contribution is 6.30. The number of benzene rings is 1. The molecule has 6 rings (SSSR count). The Hall–Kier alpha value is -2.12. The van der Waals surface area contributed by atoms with Crippen LogP contribution in [0.25, 0.3) is 0 Å². The Balaban J connectivity index is 1.01. The van der Waals surface area contributed by atoms with Crippen molar-refractivity contribution in [1.82, 2.24) is 16.0 Å². The number of piperidine rings is 1. The van der Waals surface area contributed by atoms with Gasteiger partial charge in [0.15, 0.2) is 6.61 Å². The molecule has 5 fully saturated rings. The highest BCUT2D eigenvalue weighted by Gasteiger charge is 2.69. The Morgan fingerprint density at radius 3 is 2.44 bits per heavy atom. The van der Waals surface area contributed by atoms with Crippen LogP contribution < -0.4 is 20.7 Å². The van der Waals surface area contributed by atoms with E-state index in [1.807, 2.05) is 0 Å². The maximum atomic E-state index is 13.5. The van der Waals surface area contributed by atoms with Gasteiger partial charge in [-0.25, -0.2) is 4.39 Å². The molecule has 32 heavy (non-hydrogen) atoms. The van der Waals surface area contributed by atoms with Gasteiger partial charge in [-0.1, -0.05) is 23.8 Å². The van der Waals surface area contributed by atoms with Crippen LogP contribution in [0.1, 0.15) is 44.9 Å². The highest BCUT2D eigenvalue weighted by Crippen LogP contribution is 2.60. The van der Waals surface area contributed by atoms with E-state index in [1.165, 1.54) is 25.0 Å². The van der Waals surface area contributed by atoms with Crippen LogP contribution in [0, 0.1) is 17.7 Å². The van der Waals surface area contributed by atoms with Gasteiger partial charge in [0.05, 0.1) is 11.1 Å². The molecule has 4 aliphatic carbocycles. The van der Waals surface area contributed by atoms with Gasteiger partial charge in [-0.05, 0) is 68.9 Å². The standard InChI is InChI=1S/C24H29ClFN3O3/c25-18-7-6-17(9-19(18)26)32-11-21(30)28-23-12-24(13-23,14-23)29-22(31)20-8-5-16(10-27-20)4-3-15-1-2-15/h3-4,6-7,9,15-16,20,27H,1-2,5,8,10-14H2,(H,28,30)(H,29,31)/b4-3+. The summed E-state index contributed by atoms with van der Waals surface area (Å²) in [7, 11) is 0. The maximum Gasteiger partial charge on any atom is 0.258 e. The largest absolute Gasteiger partial charge is 0.484 e. The topological polar surface area (TPSA) is 79.5 Å². The monoisotopic (exact) mass is 461 g/mol. The molecule has 1 saturated heterocycles. The fourth-order valence-corrected chi connectivity index (χ4v) is 5.44. The Labute approximate surface area is 192 Å². The third-order valence-corrected chi connectivity index (χ3v) is 7.44. The zero-order chi connectivity index (χ0) is 22.3. The van der Waals surface area contributed by atoms with Gasteiger partial charge in [0.2, 0.25) is 5.91 Å². The summed E-state index contributed by atoms with van der Waals surface area (Å²) in [5.74, 6) is 0.814. The van der Waals surface area contributed by atoms with E-state index in [0.29, 0.717) is 5.92 Å². The lowest BCUT2D eigenvalue weighted by molar-refractivity contribution is -0.151. The lowest BCUT2D eigenvalue weighted by Gasteiger charge is -2.70. The maximum absolute atomic E-state index is 13.5. The quantitative estimate of drug-likeness (QED) is 0.520. The molecular formula is C24H29ClFN3O3. The number of hydrogen-bond donors (Lipinski definition) is 3. The number of allylic oxidation sites excluding steroid dienone is 1. The van der Waals surface area contributed by atoms with Gasteiger partial charge in [-0.3, -0.25) is 9.59 Å². The number of amides is 2. The number of halogens is 2. The summed E-state index contributed by atoms with van der Waals surface area (Å²) in [4.78, 5) is 25.0. The molecule has 3 N–H and O–H groups in total. The van der Waals surface area contributed by atoms with Crippen LogP contribution in [0.3, 0.4) is 0 Å². The molecule has 2 atom stereocenters. The summed E-state index contributed by atoms with van der Waals surface area (Å²) in [6.07, 6.45) is 11.4. The van der Waals surface area contributed by atoms with E-state index < -0.39 is 5.82 Å². The number of carbonyl (C=O) groups excluding carboxylic acids is 2. The third kappa shape index (κ3) is 4.64. The van der Waals surface area contributed by atoms with Crippen molar-refractivity contribution in [1.29, 1.82) is 0 Å². The van der Waals surface area contributed by atoms with Crippen LogP contribution in [0.15, 0.2) is 30.4 Å². The second kappa shape index (κ2) is 8.34. The van der Waals surface area contributed by atoms with Crippen molar-refractivity contribution < 1.29 is 18.7 Å². The second-order valence-corrected chi connectivity index (χ2v) is 10.4. The molecule has 1 aromatic rings.